The predicted molar refractivity (Wildman–Crippen MR) is 151 cm³/mol. The van der Waals surface area contributed by atoms with Crippen molar-refractivity contribution >= 4 is 5.97 Å². The van der Waals surface area contributed by atoms with Gasteiger partial charge in [-0.2, -0.15) is 0 Å². The van der Waals surface area contributed by atoms with E-state index in [1.807, 2.05) is 97.1 Å². The molecule has 1 fully saturated rings. The van der Waals surface area contributed by atoms with Gasteiger partial charge < -0.3 is 23.7 Å². The van der Waals surface area contributed by atoms with E-state index in [2.05, 4.69) is 0 Å². The normalized spacial score (nSPS) is 20.6. The zero-order valence-corrected chi connectivity index (χ0v) is 22.2. The molecule has 0 spiro atoms. The van der Waals surface area contributed by atoms with Crippen molar-refractivity contribution < 1.29 is 28.5 Å². The third kappa shape index (κ3) is 7.87. The summed E-state index contributed by atoms with van der Waals surface area (Å²) in [5.74, 6) is -0.459. The Morgan fingerprint density at radius 1 is 0.600 bits per heavy atom. The molecule has 6 heteroatoms. The Bertz CT molecular complexity index is 1280. The second-order valence-corrected chi connectivity index (χ2v) is 9.57. The highest BCUT2D eigenvalue weighted by Gasteiger charge is 2.45. The van der Waals surface area contributed by atoms with Gasteiger partial charge in [0.2, 0.25) is 0 Å². The molecular formula is C34H33O6. The summed E-state index contributed by atoms with van der Waals surface area (Å²) in [6.45, 7) is 2.92. The molecule has 4 aromatic rings. The smallest absolute Gasteiger partial charge is 0.338 e. The summed E-state index contributed by atoms with van der Waals surface area (Å²) < 4.78 is 31.0. The Labute approximate surface area is 235 Å². The van der Waals surface area contributed by atoms with Crippen molar-refractivity contribution in [3.8, 4) is 0 Å². The van der Waals surface area contributed by atoms with Crippen LogP contribution in [0.4, 0.5) is 0 Å². The molecule has 4 aromatic carbocycles. The molecule has 6 nitrogen and oxygen atoms in total. The lowest BCUT2D eigenvalue weighted by atomic mass is 9.99. The van der Waals surface area contributed by atoms with Crippen LogP contribution in [-0.2, 0) is 43.5 Å². The number of hydrogen-bond acceptors (Lipinski definition) is 6. The number of carbonyl (C=O) groups is 1. The van der Waals surface area contributed by atoms with Crippen LogP contribution in [0.3, 0.4) is 0 Å². The third-order valence-electron chi connectivity index (χ3n) is 6.62. The van der Waals surface area contributed by atoms with Crippen molar-refractivity contribution in [2.75, 3.05) is 6.61 Å². The van der Waals surface area contributed by atoms with Gasteiger partial charge in [-0.25, -0.2) is 4.79 Å². The van der Waals surface area contributed by atoms with Crippen molar-refractivity contribution in [3.63, 3.8) is 0 Å². The third-order valence-corrected chi connectivity index (χ3v) is 6.62. The molecule has 0 aromatic heterocycles. The number of rotatable bonds is 12. The van der Waals surface area contributed by atoms with Crippen molar-refractivity contribution in [2.45, 2.75) is 44.2 Å². The molecule has 0 saturated carbocycles. The lowest BCUT2D eigenvalue weighted by Gasteiger charge is -2.41. The Morgan fingerprint density at radius 3 is 1.68 bits per heavy atom. The Balaban J connectivity index is 1.36. The molecule has 0 aliphatic carbocycles. The molecule has 1 radical (unpaired) electrons. The zero-order valence-electron chi connectivity index (χ0n) is 22.2. The topological polar surface area (TPSA) is 63.2 Å². The van der Waals surface area contributed by atoms with Crippen molar-refractivity contribution in [3.05, 3.63) is 150 Å². The molecule has 5 rings (SSSR count). The van der Waals surface area contributed by atoms with Gasteiger partial charge in [-0.3, -0.25) is 0 Å². The number of hydrogen-bond donors (Lipinski definition) is 0. The molecule has 205 valence electrons. The van der Waals surface area contributed by atoms with Crippen LogP contribution in [0.5, 0.6) is 0 Å². The number of benzene rings is 4. The van der Waals surface area contributed by atoms with E-state index in [1.54, 1.807) is 30.9 Å². The van der Waals surface area contributed by atoms with Crippen LogP contribution in [0.25, 0.3) is 0 Å². The highest BCUT2D eigenvalue weighted by molar-refractivity contribution is 5.89. The van der Waals surface area contributed by atoms with Gasteiger partial charge in [0, 0.05) is 0 Å². The maximum absolute atomic E-state index is 13.2. The molecule has 4 atom stereocenters. The van der Waals surface area contributed by atoms with Crippen LogP contribution in [0.15, 0.2) is 121 Å². The summed E-state index contributed by atoms with van der Waals surface area (Å²) in [7, 11) is 0. The number of esters is 1. The molecule has 0 bridgehead atoms. The second kappa shape index (κ2) is 14.5. The van der Waals surface area contributed by atoms with Crippen LogP contribution >= 0.6 is 0 Å². The average Bonchev–Trinajstić information content (AvgIpc) is 3.02. The summed E-state index contributed by atoms with van der Waals surface area (Å²) in [6.07, 6.45) is -2.58. The molecule has 1 aliphatic heterocycles. The van der Waals surface area contributed by atoms with Crippen molar-refractivity contribution in [2.24, 2.45) is 0 Å². The second-order valence-electron chi connectivity index (χ2n) is 9.57. The Morgan fingerprint density at radius 2 is 1.10 bits per heavy atom. The Hall–Kier alpha value is -3.81. The van der Waals surface area contributed by atoms with Crippen LogP contribution in [0.1, 0.15) is 27.0 Å². The molecule has 0 amide bonds. The fourth-order valence-corrected chi connectivity index (χ4v) is 4.50. The summed E-state index contributed by atoms with van der Waals surface area (Å²) >= 11 is 0. The minimum absolute atomic E-state index is 0.203. The summed E-state index contributed by atoms with van der Waals surface area (Å²) in [4.78, 5) is 13.2. The van der Waals surface area contributed by atoms with Crippen LogP contribution in [0, 0.1) is 6.61 Å². The van der Waals surface area contributed by atoms with Gasteiger partial charge in [-0.05, 0) is 28.8 Å². The van der Waals surface area contributed by atoms with Crippen LogP contribution < -0.4 is 0 Å². The van der Waals surface area contributed by atoms with Gasteiger partial charge in [0.1, 0.15) is 24.9 Å². The van der Waals surface area contributed by atoms with Gasteiger partial charge in [-0.1, -0.05) is 109 Å². The highest BCUT2D eigenvalue weighted by atomic mass is 16.6. The summed E-state index contributed by atoms with van der Waals surface area (Å²) in [5, 5.41) is 0. The first-order chi connectivity index (χ1) is 19.8. The van der Waals surface area contributed by atoms with Crippen molar-refractivity contribution in [1.82, 2.24) is 0 Å². The van der Waals surface area contributed by atoms with Crippen LogP contribution in [-0.4, -0.2) is 37.0 Å². The standard InChI is InChI=1S/C34H33O6/c35-34(29-19-11-4-12-20-29)40-33-30(24-36-21-26-13-5-1-6-14-26)38-25-31(37-22-27-15-7-2-8-16-27)32(33)39-23-28-17-9-3-10-18-28/h1-20,25,30-33H,21-24H2/t30-,31+,32-,33+/m1/s1. The van der Waals surface area contributed by atoms with E-state index >= 15 is 0 Å². The molecule has 0 N–H and O–H groups in total. The maximum atomic E-state index is 13.2. The monoisotopic (exact) mass is 537 g/mol. The fourth-order valence-electron chi connectivity index (χ4n) is 4.50. The zero-order chi connectivity index (χ0) is 27.4. The van der Waals surface area contributed by atoms with E-state index in [-0.39, 0.29) is 6.61 Å². The Kier molecular flexibility index (Phi) is 10.1. The molecule has 0 unspecified atom stereocenters. The van der Waals surface area contributed by atoms with E-state index in [0.29, 0.717) is 25.4 Å². The summed E-state index contributed by atoms with van der Waals surface area (Å²) in [5.41, 5.74) is 3.51. The molecular weight excluding hydrogens is 504 g/mol. The minimum Gasteiger partial charge on any atom is -0.453 e. The van der Waals surface area contributed by atoms with Gasteiger partial charge in [0.15, 0.2) is 6.10 Å². The minimum atomic E-state index is -0.780. The first kappa shape index (κ1) is 27.7. The molecule has 1 saturated heterocycles. The van der Waals surface area contributed by atoms with Crippen molar-refractivity contribution in [1.29, 1.82) is 0 Å². The van der Waals surface area contributed by atoms with E-state index in [4.69, 9.17) is 23.7 Å². The lowest BCUT2D eigenvalue weighted by Crippen LogP contribution is -2.56. The van der Waals surface area contributed by atoms with Gasteiger partial charge in [0.25, 0.3) is 0 Å². The highest BCUT2D eigenvalue weighted by Crippen LogP contribution is 2.29. The molecule has 40 heavy (non-hydrogen) atoms. The first-order valence-corrected chi connectivity index (χ1v) is 13.4. The van der Waals surface area contributed by atoms with E-state index in [9.17, 15) is 4.79 Å². The maximum Gasteiger partial charge on any atom is 0.338 e. The van der Waals surface area contributed by atoms with Gasteiger partial charge >= 0.3 is 5.97 Å². The summed E-state index contributed by atoms with van der Waals surface area (Å²) in [6, 6.07) is 38.6. The molecule has 1 aliphatic rings. The van der Waals surface area contributed by atoms with E-state index in [0.717, 1.165) is 16.7 Å². The fraction of sp³-hybridized carbons (Fsp3) is 0.235. The average molecular weight is 538 g/mol. The van der Waals surface area contributed by atoms with Crippen LogP contribution in [0.2, 0.25) is 0 Å². The largest absolute Gasteiger partial charge is 0.453 e. The lowest BCUT2D eigenvalue weighted by molar-refractivity contribution is -0.210. The number of ether oxygens (including phenoxy) is 5. The van der Waals surface area contributed by atoms with Gasteiger partial charge in [0.05, 0.1) is 32.0 Å². The first-order valence-electron chi connectivity index (χ1n) is 13.4. The predicted octanol–water partition coefficient (Wildman–Crippen LogP) is 6.16. The van der Waals surface area contributed by atoms with E-state index < -0.39 is 30.4 Å². The van der Waals surface area contributed by atoms with Gasteiger partial charge in [-0.15, -0.1) is 0 Å². The molecule has 1 heterocycles. The SMILES string of the molecule is O=C(O[C@@H]1[C@H](OCc2ccccc2)[C@@H](OCc2ccccc2)[CH]O[C@@H]1COCc1ccccc1)c1ccccc1. The quantitative estimate of drug-likeness (QED) is 0.202. The number of carbonyl (C=O) groups excluding carboxylic acids is 1. The van der Waals surface area contributed by atoms with E-state index in [1.165, 1.54) is 0 Å².